The monoisotopic (exact) mass is 311 g/mol. The standard InChI is InChI=1S/C13H11Cl2N3O2/c14-8-4-9(15)6-10(5-8)17-12(19)11-7-16-18-2-1-3-20-13(11)18/h4-7H,1-3H2,(H,17,19). The van der Waals surface area contributed by atoms with E-state index in [9.17, 15) is 4.79 Å². The fourth-order valence-electron chi connectivity index (χ4n) is 2.05. The molecule has 1 aliphatic rings. The first kappa shape index (κ1) is 13.3. The molecule has 2 aromatic rings. The van der Waals surface area contributed by atoms with Gasteiger partial charge in [-0.2, -0.15) is 5.10 Å². The average Bonchev–Trinajstić information content (AvgIpc) is 2.81. The van der Waals surface area contributed by atoms with Crippen LogP contribution >= 0.6 is 23.2 Å². The highest BCUT2D eigenvalue weighted by molar-refractivity contribution is 6.35. The van der Waals surface area contributed by atoms with Gasteiger partial charge in [0.05, 0.1) is 12.8 Å². The van der Waals surface area contributed by atoms with Crippen molar-refractivity contribution in [1.82, 2.24) is 9.78 Å². The van der Waals surface area contributed by atoms with Crippen molar-refractivity contribution in [3.05, 3.63) is 40.0 Å². The van der Waals surface area contributed by atoms with Gasteiger partial charge in [-0.3, -0.25) is 4.79 Å². The van der Waals surface area contributed by atoms with E-state index in [0.717, 1.165) is 13.0 Å². The van der Waals surface area contributed by atoms with Crippen LogP contribution in [0.3, 0.4) is 0 Å². The number of carbonyl (C=O) groups is 1. The van der Waals surface area contributed by atoms with Crippen LogP contribution < -0.4 is 10.1 Å². The Morgan fingerprint density at radius 2 is 2.05 bits per heavy atom. The van der Waals surface area contributed by atoms with Crippen molar-refractivity contribution in [2.24, 2.45) is 0 Å². The largest absolute Gasteiger partial charge is 0.477 e. The third-order valence-corrected chi connectivity index (χ3v) is 3.35. The fourth-order valence-corrected chi connectivity index (χ4v) is 2.58. The molecule has 0 radical (unpaired) electrons. The van der Waals surface area contributed by atoms with E-state index in [2.05, 4.69) is 10.4 Å². The Morgan fingerprint density at radius 1 is 1.30 bits per heavy atom. The van der Waals surface area contributed by atoms with Gasteiger partial charge in [0, 0.05) is 28.7 Å². The lowest BCUT2D eigenvalue weighted by Gasteiger charge is -2.15. The smallest absolute Gasteiger partial charge is 0.262 e. The van der Waals surface area contributed by atoms with Crippen LogP contribution in [0.2, 0.25) is 10.0 Å². The van der Waals surface area contributed by atoms with E-state index in [1.165, 1.54) is 6.20 Å². The van der Waals surface area contributed by atoms with Gasteiger partial charge in [-0.1, -0.05) is 23.2 Å². The molecule has 1 aromatic heterocycles. The lowest BCUT2D eigenvalue weighted by molar-refractivity contribution is 0.102. The zero-order valence-corrected chi connectivity index (χ0v) is 11.9. The number of nitrogens with one attached hydrogen (secondary N) is 1. The van der Waals surface area contributed by atoms with Gasteiger partial charge in [-0.05, 0) is 18.2 Å². The summed E-state index contributed by atoms with van der Waals surface area (Å²) in [6.07, 6.45) is 2.39. The molecular weight excluding hydrogens is 301 g/mol. The third kappa shape index (κ3) is 2.59. The Morgan fingerprint density at radius 3 is 2.80 bits per heavy atom. The maximum absolute atomic E-state index is 12.2. The predicted molar refractivity (Wildman–Crippen MR) is 76.8 cm³/mol. The molecule has 0 fully saturated rings. The number of hydrogen-bond donors (Lipinski definition) is 1. The van der Waals surface area contributed by atoms with Crippen molar-refractivity contribution in [2.45, 2.75) is 13.0 Å². The van der Waals surface area contributed by atoms with Crippen LogP contribution in [0.5, 0.6) is 5.88 Å². The van der Waals surface area contributed by atoms with Crippen molar-refractivity contribution in [2.75, 3.05) is 11.9 Å². The van der Waals surface area contributed by atoms with Gasteiger partial charge in [0.1, 0.15) is 5.56 Å². The van der Waals surface area contributed by atoms with Crippen molar-refractivity contribution in [3.8, 4) is 5.88 Å². The summed E-state index contributed by atoms with van der Waals surface area (Å²) in [7, 11) is 0. The highest BCUT2D eigenvalue weighted by atomic mass is 35.5. The number of fused-ring (bicyclic) bond motifs is 1. The summed E-state index contributed by atoms with van der Waals surface area (Å²) < 4.78 is 7.17. The summed E-state index contributed by atoms with van der Waals surface area (Å²) in [5, 5.41) is 7.79. The molecule has 0 unspecified atom stereocenters. The van der Waals surface area contributed by atoms with Crippen LogP contribution in [0.25, 0.3) is 0 Å². The number of amides is 1. The second-order valence-corrected chi connectivity index (χ2v) is 5.27. The second-order valence-electron chi connectivity index (χ2n) is 4.40. The highest BCUT2D eigenvalue weighted by Gasteiger charge is 2.21. The minimum absolute atomic E-state index is 0.300. The van der Waals surface area contributed by atoms with Crippen LogP contribution in [-0.4, -0.2) is 22.3 Å². The Kier molecular flexibility index (Phi) is 3.54. The zero-order valence-electron chi connectivity index (χ0n) is 10.4. The minimum Gasteiger partial charge on any atom is -0.477 e. The van der Waals surface area contributed by atoms with E-state index in [1.54, 1.807) is 22.9 Å². The Labute approximate surface area is 125 Å². The number of rotatable bonds is 2. The molecule has 1 amide bonds. The molecule has 0 saturated carbocycles. The summed E-state index contributed by atoms with van der Waals surface area (Å²) in [5.74, 6) is 0.202. The van der Waals surface area contributed by atoms with Crippen molar-refractivity contribution in [1.29, 1.82) is 0 Å². The molecule has 1 aliphatic heterocycles. The molecule has 0 atom stereocenters. The number of benzene rings is 1. The van der Waals surface area contributed by atoms with Crippen LogP contribution in [0.4, 0.5) is 5.69 Å². The summed E-state index contributed by atoms with van der Waals surface area (Å²) >= 11 is 11.8. The molecule has 1 N–H and O–H groups in total. The molecule has 0 aliphatic carbocycles. The number of hydrogen-bond acceptors (Lipinski definition) is 3. The van der Waals surface area contributed by atoms with Gasteiger partial charge >= 0.3 is 0 Å². The first-order chi connectivity index (χ1) is 9.63. The van der Waals surface area contributed by atoms with Crippen molar-refractivity contribution < 1.29 is 9.53 Å². The highest BCUT2D eigenvalue weighted by Crippen LogP contribution is 2.26. The van der Waals surface area contributed by atoms with E-state index in [1.807, 2.05) is 0 Å². The minimum atomic E-state index is -0.300. The summed E-state index contributed by atoms with van der Waals surface area (Å²) in [6.45, 7) is 1.35. The Balaban J connectivity index is 1.84. The van der Waals surface area contributed by atoms with Gasteiger partial charge in [0.25, 0.3) is 5.91 Å². The zero-order chi connectivity index (χ0) is 14.1. The van der Waals surface area contributed by atoms with E-state index in [4.69, 9.17) is 27.9 Å². The lowest BCUT2D eigenvalue weighted by atomic mass is 10.2. The van der Waals surface area contributed by atoms with Gasteiger partial charge in [-0.15, -0.1) is 0 Å². The maximum atomic E-state index is 12.2. The Hall–Kier alpha value is -1.72. The molecule has 3 rings (SSSR count). The fraction of sp³-hybridized carbons (Fsp3) is 0.231. The molecule has 104 valence electrons. The summed E-state index contributed by atoms with van der Waals surface area (Å²) in [4.78, 5) is 12.2. The average molecular weight is 312 g/mol. The van der Waals surface area contributed by atoms with E-state index in [-0.39, 0.29) is 5.91 Å². The topological polar surface area (TPSA) is 56.2 Å². The molecule has 2 heterocycles. The van der Waals surface area contributed by atoms with E-state index >= 15 is 0 Å². The molecule has 5 nitrogen and oxygen atoms in total. The number of aromatic nitrogens is 2. The molecule has 0 spiro atoms. The first-order valence-corrected chi connectivity index (χ1v) is 6.85. The number of ether oxygens (including phenoxy) is 1. The molecule has 0 bridgehead atoms. The van der Waals surface area contributed by atoms with Gasteiger partial charge < -0.3 is 10.1 Å². The van der Waals surface area contributed by atoms with Crippen molar-refractivity contribution >= 4 is 34.8 Å². The number of aryl methyl sites for hydroxylation is 1. The SMILES string of the molecule is O=C(Nc1cc(Cl)cc(Cl)c1)c1cnn2c1OCCC2. The van der Waals surface area contributed by atoms with Gasteiger partial charge in [0.15, 0.2) is 0 Å². The van der Waals surface area contributed by atoms with Crippen LogP contribution in [-0.2, 0) is 6.54 Å². The number of carbonyl (C=O) groups excluding carboxylic acids is 1. The molecule has 20 heavy (non-hydrogen) atoms. The molecule has 0 saturated heterocycles. The van der Waals surface area contributed by atoms with Crippen molar-refractivity contribution in [3.63, 3.8) is 0 Å². The Bertz CT molecular complexity index is 649. The van der Waals surface area contributed by atoms with Crippen LogP contribution in [0.1, 0.15) is 16.8 Å². The van der Waals surface area contributed by atoms with E-state index < -0.39 is 0 Å². The third-order valence-electron chi connectivity index (χ3n) is 2.91. The quantitative estimate of drug-likeness (QED) is 0.926. The summed E-state index contributed by atoms with van der Waals surface area (Å²) in [6, 6.07) is 4.86. The van der Waals surface area contributed by atoms with E-state index in [0.29, 0.717) is 33.8 Å². The lowest BCUT2D eigenvalue weighted by Crippen LogP contribution is -2.18. The molecular formula is C13H11Cl2N3O2. The first-order valence-electron chi connectivity index (χ1n) is 6.09. The van der Waals surface area contributed by atoms with Crippen LogP contribution in [0.15, 0.2) is 24.4 Å². The number of halogens is 2. The normalized spacial score (nSPS) is 13.5. The molecule has 7 heteroatoms. The van der Waals surface area contributed by atoms with Crippen LogP contribution in [0, 0.1) is 0 Å². The predicted octanol–water partition coefficient (Wildman–Crippen LogP) is 3.22. The molecule has 1 aromatic carbocycles. The second kappa shape index (κ2) is 5.34. The number of nitrogens with zero attached hydrogens (tertiary/aromatic N) is 2. The van der Waals surface area contributed by atoms with Gasteiger partial charge in [0.2, 0.25) is 5.88 Å². The number of anilines is 1. The summed E-state index contributed by atoms with van der Waals surface area (Å²) in [5.41, 5.74) is 0.934. The van der Waals surface area contributed by atoms with Gasteiger partial charge in [-0.25, -0.2) is 4.68 Å². The maximum Gasteiger partial charge on any atom is 0.262 e.